The van der Waals surface area contributed by atoms with Gasteiger partial charge in [-0.1, -0.05) is 92.1 Å². The SMILES string of the molecule is Cc1ccc(CC2(c3ccc(Cl)cc3)NC(=O)N(CN(C3CCCCC3)C3CCCCC3)C2=O)cc1. The summed E-state index contributed by atoms with van der Waals surface area (Å²) in [5, 5.41) is 3.75. The molecule has 1 unspecified atom stereocenters. The maximum atomic E-state index is 14.3. The van der Waals surface area contributed by atoms with E-state index in [0.717, 1.165) is 36.8 Å². The molecule has 0 radical (unpaired) electrons. The number of aryl methyl sites for hydroxylation is 1. The van der Waals surface area contributed by atoms with Crippen molar-refractivity contribution in [1.29, 1.82) is 0 Å². The molecule has 1 atom stereocenters. The third-order valence-corrected chi connectivity index (χ3v) is 8.75. The molecule has 6 heteroatoms. The van der Waals surface area contributed by atoms with Crippen LogP contribution < -0.4 is 5.32 Å². The number of hydrogen-bond acceptors (Lipinski definition) is 3. The molecule has 1 heterocycles. The summed E-state index contributed by atoms with van der Waals surface area (Å²) in [5.74, 6) is -0.160. The van der Waals surface area contributed by atoms with Crippen LogP contribution in [-0.4, -0.2) is 40.5 Å². The third kappa shape index (κ3) is 5.19. The second-order valence-corrected chi connectivity index (χ2v) is 11.4. The molecule has 0 bridgehead atoms. The molecule has 2 saturated carbocycles. The molecule has 1 saturated heterocycles. The maximum Gasteiger partial charge on any atom is 0.326 e. The van der Waals surface area contributed by atoms with Gasteiger partial charge in [0.05, 0.1) is 6.67 Å². The van der Waals surface area contributed by atoms with E-state index in [1.165, 1.54) is 49.0 Å². The lowest BCUT2D eigenvalue weighted by Gasteiger charge is -2.43. The van der Waals surface area contributed by atoms with Gasteiger partial charge in [0.1, 0.15) is 0 Å². The number of hydrogen-bond donors (Lipinski definition) is 1. The molecule has 3 fully saturated rings. The van der Waals surface area contributed by atoms with Gasteiger partial charge in [-0.05, 0) is 55.9 Å². The van der Waals surface area contributed by atoms with Crippen molar-refractivity contribution in [1.82, 2.24) is 15.1 Å². The quantitative estimate of drug-likeness (QED) is 0.431. The standard InChI is InChI=1S/C30H38ClN3O2/c1-22-12-14-23(15-13-22)20-30(24-16-18-25(31)19-17-24)28(35)34(29(36)32-30)21-33(26-8-4-2-5-9-26)27-10-6-3-7-11-27/h12-19,26-27H,2-11,20-21H2,1H3,(H,32,36). The highest BCUT2D eigenvalue weighted by Gasteiger charge is 2.53. The van der Waals surface area contributed by atoms with Crippen molar-refractivity contribution < 1.29 is 9.59 Å². The summed E-state index contributed by atoms with van der Waals surface area (Å²) in [7, 11) is 0. The summed E-state index contributed by atoms with van der Waals surface area (Å²) in [5.41, 5.74) is 1.82. The van der Waals surface area contributed by atoms with Gasteiger partial charge in [0.25, 0.3) is 5.91 Å². The smallest absolute Gasteiger partial charge is 0.319 e. The molecule has 0 aromatic heterocycles. The topological polar surface area (TPSA) is 52.7 Å². The van der Waals surface area contributed by atoms with E-state index in [9.17, 15) is 9.59 Å². The van der Waals surface area contributed by atoms with Crippen molar-refractivity contribution in [3.05, 3.63) is 70.2 Å². The van der Waals surface area contributed by atoms with Gasteiger partial charge in [0.2, 0.25) is 0 Å². The number of carbonyl (C=O) groups is 2. The Hall–Kier alpha value is -2.37. The van der Waals surface area contributed by atoms with Crippen LogP contribution in [0.3, 0.4) is 0 Å². The fraction of sp³-hybridized carbons (Fsp3) is 0.533. The van der Waals surface area contributed by atoms with Crippen molar-refractivity contribution >= 4 is 23.5 Å². The predicted molar refractivity (Wildman–Crippen MR) is 144 cm³/mol. The summed E-state index contributed by atoms with van der Waals surface area (Å²) in [6.45, 7) is 2.43. The Morgan fingerprint density at radius 3 is 1.97 bits per heavy atom. The van der Waals surface area contributed by atoms with Gasteiger partial charge in [-0.3, -0.25) is 9.69 Å². The van der Waals surface area contributed by atoms with Gasteiger partial charge in [-0.25, -0.2) is 9.69 Å². The van der Waals surface area contributed by atoms with Crippen LogP contribution in [-0.2, 0) is 16.8 Å². The molecule has 192 valence electrons. The highest BCUT2D eigenvalue weighted by molar-refractivity contribution is 6.30. The minimum absolute atomic E-state index is 0.160. The van der Waals surface area contributed by atoms with Gasteiger partial charge in [0.15, 0.2) is 5.54 Å². The number of carbonyl (C=O) groups excluding carboxylic acids is 2. The van der Waals surface area contributed by atoms with Crippen molar-refractivity contribution in [2.24, 2.45) is 0 Å². The number of nitrogens with zero attached hydrogens (tertiary/aromatic N) is 2. The number of rotatable bonds is 7. The van der Waals surface area contributed by atoms with Crippen molar-refractivity contribution in [2.75, 3.05) is 6.67 Å². The molecule has 2 aromatic rings. The Bertz CT molecular complexity index is 1040. The highest BCUT2D eigenvalue weighted by Crippen LogP contribution is 2.36. The maximum absolute atomic E-state index is 14.3. The molecular weight excluding hydrogens is 470 g/mol. The minimum Gasteiger partial charge on any atom is -0.319 e. The van der Waals surface area contributed by atoms with Crippen LogP contribution in [0.15, 0.2) is 48.5 Å². The first-order chi connectivity index (χ1) is 17.5. The van der Waals surface area contributed by atoms with Crippen molar-refractivity contribution in [2.45, 2.75) is 95.2 Å². The van der Waals surface area contributed by atoms with E-state index >= 15 is 0 Å². The van der Waals surface area contributed by atoms with Crippen LogP contribution in [0.1, 0.15) is 80.9 Å². The van der Waals surface area contributed by atoms with Gasteiger partial charge >= 0.3 is 6.03 Å². The Kier molecular flexibility index (Phi) is 7.68. The van der Waals surface area contributed by atoms with E-state index in [-0.39, 0.29) is 11.9 Å². The Morgan fingerprint density at radius 1 is 0.861 bits per heavy atom. The monoisotopic (exact) mass is 507 g/mol. The summed E-state index contributed by atoms with van der Waals surface area (Å²) >= 11 is 6.19. The lowest BCUT2D eigenvalue weighted by molar-refractivity contribution is -0.134. The highest BCUT2D eigenvalue weighted by atomic mass is 35.5. The molecule has 1 aliphatic heterocycles. The lowest BCUT2D eigenvalue weighted by atomic mass is 9.83. The van der Waals surface area contributed by atoms with Crippen LogP contribution in [0.4, 0.5) is 4.79 Å². The average Bonchev–Trinajstić information content (AvgIpc) is 3.14. The number of urea groups is 1. The zero-order chi connectivity index (χ0) is 25.1. The molecule has 3 amide bonds. The molecule has 2 aromatic carbocycles. The molecule has 0 spiro atoms. The van der Waals surface area contributed by atoms with E-state index in [1.54, 1.807) is 12.1 Å². The normalized spacial score (nSPS) is 23.9. The zero-order valence-electron chi connectivity index (χ0n) is 21.3. The Labute approximate surface area is 220 Å². The number of amides is 3. The molecule has 1 N–H and O–H groups in total. The van der Waals surface area contributed by atoms with Gasteiger partial charge in [0, 0.05) is 23.5 Å². The summed E-state index contributed by atoms with van der Waals surface area (Å²) in [4.78, 5) is 31.8. The lowest BCUT2D eigenvalue weighted by Crippen LogP contribution is -2.52. The molecule has 3 aliphatic rings. The average molecular weight is 508 g/mol. The molecule has 36 heavy (non-hydrogen) atoms. The fourth-order valence-corrected chi connectivity index (χ4v) is 6.56. The first-order valence-electron chi connectivity index (χ1n) is 13.7. The van der Waals surface area contributed by atoms with Crippen LogP contribution in [0.5, 0.6) is 0 Å². The van der Waals surface area contributed by atoms with Crippen LogP contribution >= 0.6 is 11.6 Å². The molecular formula is C30H38ClN3O2. The number of halogens is 1. The van der Waals surface area contributed by atoms with Crippen molar-refractivity contribution in [3.63, 3.8) is 0 Å². The van der Waals surface area contributed by atoms with E-state index in [1.807, 2.05) is 31.2 Å². The number of imide groups is 1. The predicted octanol–water partition coefficient (Wildman–Crippen LogP) is 6.56. The zero-order valence-corrected chi connectivity index (χ0v) is 22.1. The second kappa shape index (κ2) is 10.9. The largest absolute Gasteiger partial charge is 0.326 e. The van der Waals surface area contributed by atoms with Gasteiger partial charge in [-0.2, -0.15) is 0 Å². The van der Waals surface area contributed by atoms with Crippen molar-refractivity contribution in [3.8, 4) is 0 Å². The minimum atomic E-state index is -1.14. The van der Waals surface area contributed by atoms with Gasteiger partial charge < -0.3 is 5.32 Å². The fourth-order valence-electron chi connectivity index (χ4n) is 6.44. The van der Waals surface area contributed by atoms with E-state index in [4.69, 9.17) is 11.6 Å². The summed E-state index contributed by atoms with van der Waals surface area (Å²) in [6.07, 6.45) is 12.5. The third-order valence-electron chi connectivity index (χ3n) is 8.49. The first-order valence-corrected chi connectivity index (χ1v) is 14.1. The first kappa shape index (κ1) is 25.3. The molecule has 5 nitrogen and oxygen atoms in total. The van der Waals surface area contributed by atoms with Crippen LogP contribution in [0.25, 0.3) is 0 Å². The molecule has 2 aliphatic carbocycles. The Morgan fingerprint density at radius 2 is 1.42 bits per heavy atom. The van der Waals surface area contributed by atoms with E-state index < -0.39 is 5.54 Å². The Balaban J connectivity index is 1.46. The van der Waals surface area contributed by atoms with Gasteiger partial charge in [-0.15, -0.1) is 0 Å². The van der Waals surface area contributed by atoms with Crippen LogP contribution in [0.2, 0.25) is 5.02 Å². The number of nitrogens with one attached hydrogen (secondary N) is 1. The van der Waals surface area contributed by atoms with E-state index in [2.05, 4.69) is 22.3 Å². The molecule has 5 rings (SSSR count). The number of benzene rings is 2. The summed E-state index contributed by atoms with van der Waals surface area (Å²) in [6, 6.07) is 16.1. The van der Waals surface area contributed by atoms with Crippen LogP contribution in [0, 0.1) is 6.92 Å². The van der Waals surface area contributed by atoms with E-state index in [0.29, 0.717) is 30.2 Å². The second-order valence-electron chi connectivity index (χ2n) is 11.0. The summed E-state index contributed by atoms with van der Waals surface area (Å²) < 4.78 is 0.